The van der Waals surface area contributed by atoms with Crippen LogP contribution in [-0.2, 0) is 9.59 Å². The minimum atomic E-state index is -0.834. The molecule has 0 fully saturated rings. The number of carbonyl (C=O) groups excluding carboxylic acids is 1. The van der Waals surface area contributed by atoms with E-state index >= 15 is 0 Å². The number of carboxylic acid groups (broad SMARTS) is 1. The highest BCUT2D eigenvalue weighted by Gasteiger charge is 2.23. The highest BCUT2D eigenvalue weighted by Crippen LogP contribution is 2.13. The first-order chi connectivity index (χ1) is 7.64. The second kappa shape index (κ2) is 6.59. The Hall–Kier alpha value is -1.10. The molecule has 0 bridgehead atoms. The molecule has 0 heterocycles. The molecule has 5 nitrogen and oxygen atoms in total. The second-order valence-corrected chi connectivity index (χ2v) is 5.38. The van der Waals surface area contributed by atoms with Gasteiger partial charge in [-0.2, -0.15) is 0 Å². The Kier molecular flexibility index (Phi) is 6.16. The molecule has 0 aromatic heterocycles. The topological polar surface area (TPSA) is 60.9 Å². The van der Waals surface area contributed by atoms with Gasteiger partial charge in [-0.05, 0) is 33.7 Å². The zero-order valence-electron chi connectivity index (χ0n) is 11.5. The first-order valence-electron chi connectivity index (χ1n) is 5.81. The molecule has 0 aliphatic heterocycles. The Morgan fingerprint density at radius 3 is 2.06 bits per heavy atom. The Bertz CT molecular complexity index is 269. The van der Waals surface area contributed by atoms with Gasteiger partial charge in [0.2, 0.25) is 5.91 Å². The van der Waals surface area contributed by atoms with Crippen molar-refractivity contribution >= 4 is 11.9 Å². The van der Waals surface area contributed by atoms with E-state index in [0.29, 0.717) is 19.4 Å². The third-order valence-electron chi connectivity index (χ3n) is 2.59. The summed E-state index contributed by atoms with van der Waals surface area (Å²) in [6.45, 7) is 6.56. The number of carbonyl (C=O) groups is 2. The van der Waals surface area contributed by atoms with Crippen LogP contribution in [0.2, 0.25) is 0 Å². The molecule has 0 radical (unpaired) electrons. The molecule has 0 atom stereocenters. The van der Waals surface area contributed by atoms with Gasteiger partial charge in [0, 0.05) is 26.1 Å². The predicted molar refractivity (Wildman–Crippen MR) is 66.9 cm³/mol. The summed E-state index contributed by atoms with van der Waals surface area (Å²) >= 11 is 0. The number of hydrogen-bond acceptors (Lipinski definition) is 3. The SMILES string of the molecule is CN(C)C(=O)CCCN(CC(=O)O)C(C)(C)C. The van der Waals surface area contributed by atoms with Gasteiger partial charge in [0.25, 0.3) is 0 Å². The Morgan fingerprint density at radius 1 is 1.18 bits per heavy atom. The molecule has 1 amide bonds. The maximum Gasteiger partial charge on any atom is 0.317 e. The van der Waals surface area contributed by atoms with Crippen LogP contribution in [0.15, 0.2) is 0 Å². The van der Waals surface area contributed by atoms with E-state index in [1.807, 2.05) is 25.7 Å². The van der Waals surface area contributed by atoms with Gasteiger partial charge < -0.3 is 10.0 Å². The van der Waals surface area contributed by atoms with Gasteiger partial charge in [-0.1, -0.05) is 0 Å². The van der Waals surface area contributed by atoms with Crippen molar-refractivity contribution in [2.45, 2.75) is 39.2 Å². The van der Waals surface area contributed by atoms with E-state index < -0.39 is 5.97 Å². The molecular formula is C12H24N2O3. The largest absolute Gasteiger partial charge is 0.480 e. The van der Waals surface area contributed by atoms with Crippen molar-refractivity contribution in [3.8, 4) is 0 Å². The van der Waals surface area contributed by atoms with Crippen molar-refractivity contribution < 1.29 is 14.7 Å². The number of rotatable bonds is 6. The summed E-state index contributed by atoms with van der Waals surface area (Å²) in [4.78, 5) is 25.6. The molecule has 0 aromatic rings. The summed E-state index contributed by atoms with van der Waals surface area (Å²) in [5, 5.41) is 8.83. The highest BCUT2D eigenvalue weighted by molar-refractivity contribution is 5.75. The Labute approximate surface area is 103 Å². The fourth-order valence-corrected chi connectivity index (χ4v) is 1.46. The summed E-state index contributed by atoms with van der Waals surface area (Å²) in [7, 11) is 3.45. The van der Waals surface area contributed by atoms with Crippen LogP contribution in [-0.4, -0.2) is 59.5 Å². The lowest BCUT2D eigenvalue weighted by Crippen LogP contribution is -2.45. The molecule has 0 rings (SSSR count). The van der Waals surface area contributed by atoms with Gasteiger partial charge in [0.15, 0.2) is 0 Å². The van der Waals surface area contributed by atoms with Gasteiger partial charge in [-0.15, -0.1) is 0 Å². The van der Waals surface area contributed by atoms with Gasteiger partial charge in [0.1, 0.15) is 0 Å². The molecule has 0 aliphatic rings. The minimum Gasteiger partial charge on any atom is -0.480 e. The molecule has 0 aromatic carbocycles. The van der Waals surface area contributed by atoms with Crippen molar-refractivity contribution in [1.82, 2.24) is 9.80 Å². The van der Waals surface area contributed by atoms with E-state index in [-0.39, 0.29) is 18.0 Å². The monoisotopic (exact) mass is 244 g/mol. The molecule has 5 heteroatoms. The van der Waals surface area contributed by atoms with E-state index in [4.69, 9.17) is 5.11 Å². The van der Waals surface area contributed by atoms with Crippen LogP contribution in [0.1, 0.15) is 33.6 Å². The first kappa shape index (κ1) is 15.9. The number of nitrogens with zero attached hydrogens (tertiary/aromatic N) is 2. The molecule has 0 saturated carbocycles. The van der Waals surface area contributed by atoms with Crippen molar-refractivity contribution in [1.29, 1.82) is 0 Å². The summed E-state index contributed by atoms with van der Waals surface area (Å²) in [5.74, 6) is -0.756. The lowest BCUT2D eigenvalue weighted by atomic mass is 10.1. The third kappa shape index (κ3) is 6.94. The number of hydrogen-bond donors (Lipinski definition) is 1. The van der Waals surface area contributed by atoms with Gasteiger partial charge >= 0.3 is 5.97 Å². The van der Waals surface area contributed by atoms with Gasteiger partial charge in [0.05, 0.1) is 6.54 Å². The van der Waals surface area contributed by atoms with E-state index in [1.54, 1.807) is 19.0 Å². The third-order valence-corrected chi connectivity index (χ3v) is 2.59. The quantitative estimate of drug-likeness (QED) is 0.758. The molecule has 1 N–H and O–H groups in total. The predicted octanol–water partition coefficient (Wildman–Crippen LogP) is 1.04. The summed E-state index contributed by atoms with van der Waals surface area (Å²) in [5.41, 5.74) is -0.195. The zero-order chi connectivity index (χ0) is 13.6. The first-order valence-corrected chi connectivity index (χ1v) is 5.81. The van der Waals surface area contributed by atoms with E-state index in [0.717, 1.165) is 0 Å². The van der Waals surface area contributed by atoms with Crippen LogP contribution in [0.5, 0.6) is 0 Å². The van der Waals surface area contributed by atoms with Gasteiger partial charge in [-0.25, -0.2) is 0 Å². The zero-order valence-corrected chi connectivity index (χ0v) is 11.5. The van der Waals surface area contributed by atoms with Crippen molar-refractivity contribution in [3.63, 3.8) is 0 Å². The molecule has 0 unspecified atom stereocenters. The molecule has 0 spiro atoms. The standard InChI is InChI=1S/C12H24N2O3/c1-12(2,3)14(9-11(16)17)8-6-7-10(15)13(4)5/h6-9H2,1-5H3,(H,16,17). The van der Waals surface area contributed by atoms with Crippen LogP contribution >= 0.6 is 0 Å². The maximum absolute atomic E-state index is 11.4. The van der Waals surface area contributed by atoms with Gasteiger partial charge in [-0.3, -0.25) is 14.5 Å². The van der Waals surface area contributed by atoms with Crippen LogP contribution in [0, 0.1) is 0 Å². The summed E-state index contributed by atoms with van der Waals surface area (Å²) in [6.07, 6.45) is 1.14. The Balaban J connectivity index is 4.19. The summed E-state index contributed by atoms with van der Waals surface area (Å²) in [6, 6.07) is 0. The smallest absolute Gasteiger partial charge is 0.317 e. The number of carboxylic acids is 1. The average molecular weight is 244 g/mol. The van der Waals surface area contributed by atoms with Crippen LogP contribution in [0.3, 0.4) is 0 Å². The van der Waals surface area contributed by atoms with Crippen LogP contribution < -0.4 is 0 Å². The lowest BCUT2D eigenvalue weighted by Gasteiger charge is -2.34. The molecule has 0 aliphatic carbocycles. The maximum atomic E-state index is 11.4. The molecular weight excluding hydrogens is 220 g/mol. The summed E-state index contributed by atoms with van der Waals surface area (Å²) < 4.78 is 0. The fourth-order valence-electron chi connectivity index (χ4n) is 1.46. The van der Waals surface area contributed by atoms with Crippen molar-refractivity contribution in [2.24, 2.45) is 0 Å². The highest BCUT2D eigenvalue weighted by atomic mass is 16.4. The fraction of sp³-hybridized carbons (Fsp3) is 0.833. The lowest BCUT2D eigenvalue weighted by molar-refractivity contribution is -0.139. The number of aliphatic carboxylic acids is 1. The van der Waals surface area contributed by atoms with Crippen molar-refractivity contribution in [3.05, 3.63) is 0 Å². The number of amides is 1. The van der Waals surface area contributed by atoms with Crippen molar-refractivity contribution in [2.75, 3.05) is 27.2 Å². The molecule has 17 heavy (non-hydrogen) atoms. The van der Waals surface area contributed by atoms with E-state index in [1.165, 1.54) is 0 Å². The molecule has 0 saturated heterocycles. The minimum absolute atomic E-state index is 0.0135. The van der Waals surface area contributed by atoms with E-state index in [9.17, 15) is 9.59 Å². The van der Waals surface area contributed by atoms with Crippen LogP contribution in [0.25, 0.3) is 0 Å². The van der Waals surface area contributed by atoms with Crippen LogP contribution in [0.4, 0.5) is 0 Å². The van der Waals surface area contributed by atoms with E-state index in [2.05, 4.69) is 0 Å². The average Bonchev–Trinajstić information content (AvgIpc) is 2.13. The molecule has 100 valence electrons. The normalized spacial score (nSPS) is 11.6. The second-order valence-electron chi connectivity index (χ2n) is 5.38. The Morgan fingerprint density at radius 2 is 1.71 bits per heavy atom.